The van der Waals surface area contributed by atoms with Crippen LogP contribution in [0.4, 0.5) is 8.78 Å². The summed E-state index contributed by atoms with van der Waals surface area (Å²) in [5.41, 5.74) is 0. The van der Waals surface area contributed by atoms with Gasteiger partial charge in [-0.3, -0.25) is 14.1 Å². The highest BCUT2D eigenvalue weighted by Gasteiger charge is 2.58. The van der Waals surface area contributed by atoms with Crippen molar-refractivity contribution in [3.63, 3.8) is 0 Å². The van der Waals surface area contributed by atoms with Crippen molar-refractivity contribution in [1.82, 2.24) is 0 Å². The highest BCUT2D eigenvalue weighted by molar-refractivity contribution is 7.85. The zero-order valence-electron chi connectivity index (χ0n) is 15.0. The lowest BCUT2D eigenvalue weighted by atomic mass is 9.48. The van der Waals surface area contributed by atoms with Gasteiger partial charge in [-0.25, -0.2) is 8.78 Å². The fraction of sp³-hybridized carbons (Fsp3) is 0.882. The Morgan fingerprint density at radius 3 is 2.11 bits per heavy atom. The Balaban J connectivity index is 1.68. The van der Waals surface area contributed by atoms with Crippen LogP contribution in [0.2, 0.25) is 0 Å². The van der Waals surface area contributed by atoms with Crippen LogP contribution in [0.3, 0.4) is 0 Å². The second kappa shape index (κ2) is 7.27. The number of alkyl halides is 2. The maximum atomic E-state index is 13.0. The van der Waals surface area contributed by atoms with Gasteiger partial charge in [-0.15, -0.1) is 0 Å². The molecule has 6 atom stereocenters. The van der Waals surface area contributed by atoms with Gasteiger partial charge in [0.2, 0.25) is 0 Å². The second-order valence-corrected chi connectivity index (χ2v) is 9.75. The van der Waals surface area contributed by atoms with E-state index in [4.69, 9.17) is 14.0 Å². The van der Waals surface area contributed by atoms with Gasteiger partial charge >= 0.3 is 11.9 Å². The van der Waals surface area contributed by atoms with E-state index in [-0.39, 0.29) is 17.8 Å². The lowest BCUT2D eigenvalue weighted by Crippen LogP contribution is -2.56. The predicted octanol–water partition coefficient (Wildman–Crippen LogP) is 1.91. The molecule has 0 spiro atoms. The SMILES string of the molecule is CC(F)(F)COC(=O)C1C2CC3CC(C2)C(C(=O)OCCS(=O)(=O)O)C1C3. The van der Waals surface area contributed by atoms with Crippen LogP contribution >= 0.6 is 0 Å². The largest absolute Gasteiger partial charge is 0.464 e. The third-order valence-electron chi connectivity index (χ3n) is 6.02. The third-order valence-corrected chi connectivity index (χ3v) is 6.70. The Morgan fingerprint density at radius 1 is 1.04 bits per heavy atom. The molecule has 0 saturated heterocycles. The van der Waals surface area contributed by atoms with Gasteiger partial charge in [-0.2, -0.15) is 8.42 Å². The number of ether oxygens (including phenoxy) is 2. The van der Waals surface area contributed by atoms with Gasteiger partial charge in [0.15, 0.2) is 6.61 Å². The van der Waals surface area contributed by atoms with Crippen molar-refractivity contribution >= 4 is 22.1 Å². The molecule has 4 rings (SSSR count). The van der Waals surface area contributed by atoms with Crippen LogP contribution in [-0.2, 0) is 29.2 Å². The van der Waals surface area contributed by atoms with Crippen molar-refractivity contribution in [2.75, 3.05) is 19.0 Å². The first-order valence-corrected chi connectivity index (χ1v) is 10.7. The summed E-state index contributed by atoms with van der Waals surface area (Å²) in [5, 5.41) is 0. The lowest BCUT2D eigenvalue weighted by Gasteiger charge is -2.56. The molecule has 0 radical (unpaired) electrons. The average molecular weight is 410 g/mol. The molecule has 4 bridgehead atoms. The second-order valence-electron chi connectivity index (χ2n) is 8.18. The first kappa shape index (κ1) is 20.4. The molecule has 0 aromatic heterocycles. The number of esters is 2. The van der Waals surface area contributed by atoms with E-state index in [1.807, 2.05) is 0 Å². The zero-order chi connectivity index (χ0) is 20.0. The molecule has 0 aliphatic heterocycles. The average Bonchev–Trinajstić information content (AvgIpc) is 2.50. The van der Waals surface area contributed by atoms with E-state index in [2.05, 4.69) is 0 Å². The minimum Gasteiger partial charge on any atom is -0.464 e. The monoisotopic (exact) mass is 410 g/mol. The van der Waals surface area contributed by atoms with E-state index in [9.17, 15) is 26.8 Å². The van der Waals surface area contributed by atoms with E-state index < -0.39 is 58.8 Å². The van der Waals surface area contributed by atoms with Crippen LogP contribution in [-0.4, -0.2) is 49.8 Å². The first-order valence-electron chi connectivity index (χ1n) is 9.11. The summed E-state index contributed by atoms with van der Waals surface area (Å²) < 4.78 is 66.2. The van der Waals surface area contributed by atoms with Crippen LogP contribution in [0.25, 0.3) is 0 Å². The Bertz CT molecular complexity index is 703. The van der Waals surface area contributed by atoms with Gasteiger partial charge in [0.1, 0.15) is 12.4 Å². The molecular weight excluding hydrogens is 386 g/mol. The van der Waals surface area contributed by atoms with Crippen LogP contribution < -0.4 is 0 Å². The quantitative estimate of drug-likeness (QED) is 0.505. The van der Waals surface area contributed by atoms with Crippen molar-refractivity contribution in [2.45, 2.75) is 38.5 Å². The Kier molecular flexibility index (Phi) is 5.51. The van der Waals surface area contributed by atoms with Crippen molar-refractivity contribution in [3.05, 3.63) is 0 Å². The molecule has 0 aromatic rings. The highest BCUT2D eigenvalue weighted by atomic mass is 32.2. The number of rotatable bonds is 7. The summed E-state index contributed by atoms with van der Waals surface area (Å²) in [6.07, 6.45) is 2.94. The predicted molar refractivity (Wildman–Crippen MR) is 88.4 cm³/mol. The van der Waals surface area contributed by atoms with E-state index in [1.165, 1.54) is 0 Å². The Morgan fingerprint density at radius 2 is 1.59 bits per heavy atom. The molecule has 4 fully saturated rings. The van der Waals surface area contributed by atoms with E-state index >= 15 is 0 Å². The minimum absolute atomic E-state index is 0.0207. The first-order chi connectivity index (χ1) is 12.4. The number of carbonyl (C=O) groups is 2. The molecule has 0 heterocycles. The van der Waals surface area contributed by atoms with Gasteiger partial charge < -0.3 is 9.47 Å². The van der Waals surface area contributed by atoms with Crippen LogP contribution in [0.5, 0.6) is 0 Å². The Labute approximate surface area is 156 Å². The Hall–Kier alpha value is -1.29. The van der Waals surface area contributed by atoms with Crippen LogP contribution in [0.1, 0.15) is 32.6 Å². The molecule has 0 amide bonds. The number of hydrogen-bond acceptors (Lipinski definition) is 6. The van der Waals surface area contributed by atoms with Crippen molar-refractivity contribution in [3.8, 4) is 0 Å². The summed E-state index contributed by atoms with van der Waals surface area (Å²) in [5.74, 6) is -6.14. The summed E-state index contributed by atoms with van der Waals surface area (Å²) in [4.78, 5) is 25.0. The van der Waals surface area contributed by atoms with E-state index in [0.717, 1.165) is 12.8 Å². The number of halogens is 2. The van der Waals surface area contributed by atoms with Gasteiger partial charge in [-0.1, -0.05) is 0 Å². The molecule has 0 aromatic carbocycles. The topological polar surface area (TPSA) is 107 Å². The molecule has 10 heteroatoms. The standard InChI is InChI=1S/C17H24F2O7S/c1-17(18,19)8-26-16(21)14-11-5-9-4-10(7-11)13(12(14)6-9)15(20)25-2-3-27(22,23)24/h9-14H,2-8H2,1H3,(H,22,23,24). The highest BCUT2D eigenvalue weighted by Crippen LogP contribution is 2.59. The maximum Gasteiger partial charge on any atom is 0.309 e. The van der Waals surface area contributed by atoms with E-state index in [0.29, 0.717) is 25.7 Å². The van der Waals surface area contributed by atoms with Crippen molar-refractivity contribution in [1.29, 1.82) is 0 Å². The number of carbonyl (C=O) groups excluding carboxylic acids is 2. The fourth-order valence-corrected chi connectivity index (χ4v) is 5.58. The minimum atomic E-state index is -4.24. The molecule has 7 nitrogen and oxygen atoms in total. The molecule has 27 heavy (non-hydrogen) atoms. The summed E-state index contributed by atoms with van der Waals surface area (Å²) >= 11 is 0. The van der Waals surface area contributed by atoms with Gasteiger partial charge in [0, 0.05) is 6.92 Å². The van der Waals surface area contributed by atoms with Gasteiger partial charge in [0.25, 0.3) is 16.0 Å². The fourth-order valence-electron chi connectivity index (χ4n) is 5.29. The smallest absolute Gasteiger partial charge is 0.309 e. The van der Waals surface area contributed by atoms with Crippen molar-refractivity contribution < 1.29 is 40.8 Å². The number of hydrogen-bond donors (Lipinski definition) is 1. The van der Waals surface area contributed by atoms with Crippen LogP contribution in [0.15, 0.2) is 0 Å². The summed E-state index contributed by atoms with van der Waals surface area (Å²) in [6, 6.07) is 0. The molecule has 6 unspecified atom stereocenters. The lowest BCUT2D eigenvalue weighted by molar-refractivity contribution is -0.184. The molecule has 154 valence electrons. The van der Waals surface area contributed by atoms with Gasteiger partial charge in [0.05, 0.1) is 11.8 Å². The molecule has 4 aliphatic carbocycles. The maximum absolute atomic E-state index is 13.0. The molecule has 4 saturated carbocycles. The molecule has 4 aliphatic rings. The summed E-state index contributed by atoms with van der Waals surface area (Å²) in [6.45, 7) is -0.776. The van der Waals surface area contributed by atoms with Crippen molar-refractivity contribution in [2.24, 2.45) is 35.5 Å². The molecule has 1 N–H and O–H groups in total. The summed E-state index contributed by atoms with van der Waals surface area (Å²) in [7, 11) is -4.24. The third kappa shape index (κ3) is 4.77. The van der Waals surface area contributed by atoms with E-state index in [1.54, 1.807) is 0 Å². The normalized spacial score (nSPS) is 35.1. The van der Waals surface area contributed by atoms with Gasteiger partial charge in [-0.05, 0) is 49.4 Å². The zero-order valence-corrected chi connectivity index (χ0v) is 15.8. The molecular formula is C17H24F2O7S. The van der Waals surface area contributed by atoms with Crippen LogP contribution in [0, 0.1) is 35.5 Å².